The van der Waals surface area contributed by atoms with Crippen molar-refractivity contribution in [2.45, 2.75) is 39.5 Å². The molecule has 0 aliphatic rings. The minimum atomic E-state index is 0.0396. The first-order valence-electron chi connectivity index (χ1n) is 5.52. The molecule has 88 valence electrons. The SMILES string of the molecule is C=Cc1cc(C(C)(C)C)c(CC)cc1OF. The summed E-state index contributed by atoms with van der Waals surface area (Å²) >= 11 is 0. The zero-order valence-corrected chi connectivity index (χ0v) is 10.4. The number of aryl methyl sites for hydroxylation is 1. The molecule has 0 atom stereocenters. The molecule has 0 fully saturated rings. The van der Waals surface area contributed by atoms with Crippen LogP contribution in [-0.4, -0.2) is 0 Å². The molecule has 16 heavy (non-hydrogen) atoms. The minimum Gasteiger partial charge on any atom is -0.294 e. The van der Waals surface area contributed by atoms with Gasteiger partial charge in [0.2, 0.25) is 0 Å². The van der Waals surface area contributed by atoms with Crippen molar-refractivity contribution in [1.82, 2.24) is 0 Å². The van der Waals surface area contributed by atoms with Crippen LogP contribution in [0.4, 0.5) is 4.53 Å². The Morgan fingerprint density at radius 2 is 2.00 bits per heavy atom. The second-order valence-electron chi connectivity index (χ2n) is 4.93. The Balaban J connectivity index is 3.43. The molecule has 0 N–H and O–H groups in total. The van der Waals surface area contributed by atoms with Crippen LogP contribution in [0.3, 0.4) is 0 Å². The summed E-state index contributed by atoms with van der Waals surface area (Å²) in [6.45, 7) is 12.2. The molecule has 0 aromatic heterocycles. The van der Waals surface area contributed by atoms with Gasteiger partial charge in [-0.05, 0) is 35.1 Å². The minimum absolute atomic E-state index is 0.0396. The van der Waals surface area contributed by atoms with Gasteiger partial charge >= 0.3 is 0 Å². The molecule has 0 saturated carbocycles. The molecule has 0 bridgehead atoms. The zero-order chi connectivity index (χ0) is 12.3. The first-order valence-corrected chi connectivity index (χ1v) is 5.52. The van der Waals surface area contributed by atoms with E-state index in [0.29, 0.717) is 5.56 Å². The fraction of sp³-hybridized carbons (Fsp3) is 0.429. The van der Waals surface area contributed by atoms with E-state index in [9.17, 15) is 4.53 Å². The smallest absolute Gasteiger partial charge is 0.179 e. The summed E-state index contributed by atoms with van der Waals surface area (Å²) in [5.74, 6) is 0.250. The predicted molar refractivity (Wildman–Crippen MR) is 66.3 cm³/mol. The Hall–Kier alpha value is -1.31. The van der Waals surface area contributed by atoms with Crippen molar-refractivity contribution >= 4 is 6.08 Å². The van der Waals surface area contributed by atoms with Crippen LogP contribution in [0.1, 0.15) is 44.4 Å². The molecule has 0 radical (unpaired) electrons. The van der Waals surface area contributed by atoms with Crippen molar-refractivity contribution in [3.05, 3.63) is 35.4 Å². The van der Waals surface area contributed by atoms with Crippen LogP contribution in [0.5, 0.6) is 5.75 Å². The molecule has 1 rings (SSSR count). The standard InChI is InChI=1S/C14H19FO/c1-6-10-9-13(16-15)11(7-2)8-12(10)14(3,4)5/h7-9H,2,6H2,1,3-5H3. The van der Waals surface area contributed by atoms with Gasteiger partial charge < -0.3 is 0 Å². The molecule has 0 heterocycles. The third kappa shape index (κ3) is 2.43. The van der Waals surface area contributed by atoms with Crippen LogP contribution in [0, 0.1) is 0 Å². The number of halogens is 1. The highest BCUT2D eigenvalue weighted by Crippen LogP contribution is 2.32. The number of hydrogen-bond acceptors (Lipinski definition) is 1. The van der Waals surface area contributed by atoms with E-state index in [1.165, 1.54) is 5.56 Å². The lowest BCUT2D eigenvalue weighted by Crippen LogP contribution is -2.14. The van der Waals surface area contributed by atoms with Crippen molar-refractivity contribution in [1.29, 1.82) is 0 Å². The molecule has 1 nitrogen and oxygen atoms in total. The van der Waals surface area contributed by atoms with Crippen molar-refractivity contribution in [3.8, 4) is 5.75 Å². The summed E-state index contributed by atoms with van der Waals surface area (Å²) in [6, 6.07) is 3.72. The van der Waals surface area contributed by atoms with Gasteiger partial charge in [-0.1, -0.05) is 40.3 Å². The van der Waals surface area contributed by atoms with E-state index in [0.717, 1.165) is 12.0 Å². The van der Waals surface area contributed by atoms with Gasteiger partial charge in [-0.3, -0.25) is 4.94 Å². The zero-order valence-electron chi connectivity index (χ0n) is 10.4. The molecule has 0 aliphatic heterocycles. The lowest BCUT2D eigenvalue weighted by atomic mass is 9.82. The van der Waals surface area contributed by atoms with Crippen molar-refractivity contribution in [2.75, 3.05) is 0 Å². The van der Waals surface area contributed by atoms with E-state index < -0.39 is 0 Å². The second kappa shape index (κ2) is 4.69. The number of hydrogen-bond donors (Lipinski definition) is 0. The van der Waals surface area contributed by atoms with E-state index in [-0.39, 0.29) is 11.2 Å². The summed E-state index contributed by atoms with van der Waals surface area (Å²) in [5, 5.41) is 0. The first kappa shape index (κ1) is 12.8. The van der Waals surface area contributed by atoms with E-state index >= 15 is 0 Å². The highest BCUT2D eigenvalue weighted by atomic mass is 19.3. The topological polar surface area (TPSA) is 9.23 Å². The lowest BCUT2D eigenvalue weighted by Gasteiger charge is -2.23. The van der Waals surface area contributed by atoms with Gasteiger partial charge in [-0.2, -0.15) is 0 Å². The van der Waals surface area contributed by atoms with Gasteiger partial charge in [0.15, 0.2) is 5.75 Å². The van der Waals surface area contributed by atoms with Crippen LogP contribution in [0.2, 0.25) is 0 Å². The Labute approximate surface area is 96.8 Å². The molecule has 0 saturated heterocycles. The summed E-state index contributed by atoms with van der Waals surface area (Å²) in [7, 11) is 0. The van der Waals surface area contributed by atoms with Crippen LogP contribution in [0.15, 0.2) is 18.7 Å². The highest BCUT2D eigenvalue weighted by molar-refractivity contribution is 5.59. The normalized spacial score (nSPS) is 11.3. The van der Waals surface area contributed by atoms with E-state index in [2.05, 4.69) is 39.2 Å². The van der Waals surface area contributed by atoms with Crippen LogP contribution < -0.4 is 4.94 Å². The fourth-order valence-corrected chi connectivity index (χ4v) is 1.86. The molecule has 0 aliphatic carbocycles. The Morgan fingerprint density at radius 1 is 1.38 bits per heavy atom. The lowest BCUT2D eigenvalue weighted by molar-refractivity contribution is -0.00657. The van der Waals surface area contributed by atoms with Crippen LogP contribution >= 0.6 is 0 Å². The van der Waals surface area contributed by atoms with Crippen molar-refractivity contribution in [3.63, 3.8) is 0 Å². The maximum atomic E-state index is 12.4. The first-order chi connectivity index (χ1) is 7.43. The monoisotopic (exact) mass is 222 g/mol. The van der Waals surface area contributed by atoms with E-state index in [1.54, 1.807) is 12.1 Å². The van der Waals surface area contributed by atoms with Gasteiger partial charge in [0.1, 0.15) is 0 Å². The molecule has 2 heteroatoms. The number of benzene rings is 1. The summed E-state index contributed by atoms with van der Waals surface area (Å²) < 4.78 is 12.4. The summed E-state index contributed by atoms with van der Waals surface area (Å²) in [6.07, 6.45) is 2.48. The Morgan fingerprint density at radius 3 is 2.38 bits per heavy atom. The fourth-order valence-electron chi connectivity index (χ4n) is 1.86. The Kier molecular flexibility index (Phi) is 3.74. The van der Waals surface area contributed by atoms with E-state index in [4.69, 9.17) is 0 Å². The van der Waals surface area contributed by atoms with Crippen LogP contribution in [-0.2, 0) is 11.8 Å². The van der Waals surface area contributed by atoms with Crippen molar-refractivity contribution < 1.29 is 9.47 Å². The molecule has 0 spiro atoms. The van der Waals surface area contributed by atoms with Gasteiger partial charge in [-0.25, -0.2) is 0 Å². The molecular formula is C14H19FO. The maximum absolute atomic E-state index is 12.4. The van der Waals surface area contributed by atoms with Crippen molar-refractivity contribution in [2.24, 2.45) is 0 Å². The average Bonchev–Trinajstić information content (AvgIpc) is 2.25. The molecule has 0 unspecified atom stereocenters. The van der Waals surface area contributed by atoms with Gasteiger partial charge in [-0.15, -0.1) is 0 Å². The largest absolute Gasteiger partial charge is 0.294 e. The van der Waals surface area contributed by atoms with Gasteiger partial charge in [0.25, 0.3) is 0 Å². The second-order valence-corrected chi connectivity index (χ2v) is 4.93. The summed E-state index contributed by atoms with van der Waals surface area (Å²) in [5.41, 5.74) is 3.07. The van der Waals surface area contributed by atoms with Crippen LogP contribution in [0.25, 0.3) is 6.08 Å². The van der Waals surface area contributed by atoms with Gasteiger partial charge in [0.05, 0.1) is 0 Å². The third-order valence-electron chi connectivity index (χ3n) is 2.73. The molecule has 0 amide bonds. The highest BCUT2D eigenvalue weighted by Gasteiger charge is 2.19. The summed E-state index contributed by atoms with van der Waals surface area (Å²) in [4.78, 5) is 3.88. The molecule has 1 aromatic rings. The quantitative estimate of drug-likeness (QED) is 0.734. The maximum Gasteiger partial charge on any atom is 0.179 e. The van der Waals surface area contributed by atoms with Gasteiger partial charge in [0, 0.05) is 10.1 Å². The molecule has 1 aromatic carbocycles. The number of rotatable bonds is 3. The average molecular weight is 222 g/mol. The third-order valence-corrected chi connectivity index (χ3v) is 2.73. The van der Waals surface area contributed by atoms with E-state index in [1.807, 2.05) is 6.07 Å². The predicted octanol–water partition coefficient (Wildman–Crippen LogP) is 4.45. The molecular weight excluding hydrogens is 203 g/mol. The Bertz CT molecular complexity index is 388.